The van der Waals surface area contributed by atoms with Gasteiger partial charge in [0.05, 0.1) is 19.0 Å². The molecule has 5 nitrogen and oxygen atoms in total. The number of nitriles is 1. The molecule has 5 heteroatoms. The van der Waals surface area contributed by atoms with Gasteiger partial charge in [0.1, 0.15) is 0 Å². The summed E-state index contributed by atoms with van der Waals surface area (Å²) in [7, 11) is 0. The van der Waals surface area contributed by atoms with Crippen LogP contribution in [-0.4, -0.2) is 49.6 Å². The summed E-state index contributed by atoms with van der Waals surface area (Å²) >= 11 is 0. The summed E-state index contributed by atoms with van der Waals surface area (Å²) in [6, 6.07) is 2.40. The van der Waals surface area contributed by atoms with Crippen molar-refractivity contribution in [2.24, 2.45) is 0 Å². The lowest BCUT2D eigenvalue weighted by Crippen LogP contribution is -2.52. The first-order valence-corrected chi connectivity index (χ1v) is 5.32. The molecular formula is C10H18N4O. The Morgan fingerprint density at radius 2 is 2.53 bits per heavy atom. The summed E-state index contributed by atoms with van der Waals surface area (Å²) in [4.78, 5) is 13.6. The second-order valence-electron chi connectivity index (χ2n) is 3.78. The Bertz CT molecular complexity index is 248. The molecule has 0 saturated carbocycles. The van der Waals surface area contributed by atoms with Crippen molar-refractivity contribution in [1.29, 1.82) is 5.26 Å². The van der Waals surface area contributed by atoms with Crippen molar-refractivity contribution in [3.63, 3.8) is 0 Å². The number of nitrogens with zero attached hydrogens (tertiary/aromatic N) is 2. The van der Waals surface area contributed by atoms with Crippen LogP contribution in [0.25, 0.3) is 0 Å². The van der Waals surface area contributed by atoms with Gasteiger partial charge in [-0.25, -0.2) is 0 Å². The van der Waals surface area contributed by atoms with Gasteiger partial charge < -0.3 is 10.6 Å². The zero-order valence-electron chi connectivity index (χ0n) is 9.12. The lowest BCUT2D eigenvalue weighted by atomic mass is 10.2. The number of piperazine rings is 1. The second kappa shape index (κ2) is 6.38. The number of amides is 1. The number of rotatable bonds is 4. The van der Waals surface area contributed by atoms with Crippen LogP contribution in [0.3, 0.4) is 0 Å². The first-order valence-electron chi connectivity index (χ1n) is 5.32. The van der Waals surface area contributed by atoms with Gasteiger partial charge in [0.2, 0.25) is 5.91 Å². The molecule has 1 atom stereocenters. The molecule has 15 heavy (non-hydrogen) atoms. The zero-order chi connectivity index (χ0) is 11.1. The molecule has 0 aromatic heterocycles. The fourth-order valence-corrected chi connectivity index (χ4v) is 1.62. The predicted octanol–water partition coefficient (Wildman–Crippen LogP) is -0.690. The van der Waals surface area contributed by atoms with E-state index in [2.05, 4.69) is 22.5 Å². The highest BCUT2D eigenvalue weighted by molar-refractivity contribution is 5.78. The van der Waals surface area contributed by atoms with E-state index in [1.54, 1.807) is 0 Å². The fraction of sp³-hybridized carbons (Fsp3) is 0.800. The van der Waals surface area contributed by atoms with E-state index in [4.69, 9.17) is 5.26 Å². The van der Waals surface area contributed by atoms with Gasteiger partial charge in [0.25, 0.3) is 0 Å². The quantitative estimate of drug-likeness (QED) is 0.603. The van der Waals surface area contributed by atoms with Crippen molar-refractivity contribution >= 4 is 5.91 Å². The molecule has 84 valence electrons. The fourth-order valence-electron chi connectivity index (χ4n) is 1.62. The third-order valence-electron chi connectivity index (χ3n) is 2.54. The zero-order valence-corrected chi connectivity index (χ0v) is 9.12. The third kappa shape index (κ3) is 4.28. The second-order valence-corrected chi connectivity index (χ2v) is 3.78. The maximum atomic E-state index is 11.4. The van der Waals surface area contributed by atoms with Gasteiger partial charge in [-0.1, -0.05) is 0 Å². The molecule has 0 bridgehead atoms. The highest BCUT2D eigenvalue weighted by Crippen LogP contribution is 2.00. The smallest absolute Gasteiger partial charge is 0.234 e. The highest BCUT2D eigenvalue weighted by Gasteiger charge is 2.19. The van der Waals surface area contributed by atoms with Crippen molar-refractivity contribution in [1.82, 2.24) is 15.5 Å². The maximum Gasteiger partial charge on any atom is 0.234 e. The molecule has 1 heterocycles. The molecule has 0 spiro atoms. The van der Waals surface area contributed by atoms with Crippen LogP contribution >= 0.6 is 0 Å². The summed E-state index contributed by atoms with van der Waals surface area (Å²) in [6.07, 6.45) is 0.378. The lowest BCUT2D eigenvalue weighted by molar-refractivity contribution is -0.122. The topological polar surface area (TPSA) is 68.2 Å². The average molecular weight is 210 g/mol. The number of hydrogen-bond donors (Lipinski definition) is 2. The Hall–Kier alpha value is -1.12. The van der Waals surface area contributed by atoms with Crippen LogP contribution in [0.15, 0.2) is 0 Å². The largest absolute Gasteiger partial charge is 0.354 e. The van der Waals surface area contributed by atoms with Crippen LogP contribution in [0.1, 0.15) is 13.3 Å². The lowest BCUT2D eigenvalue weighted by Gasteiger charge is -2.33. The van der Waals surface area contributed by atoms with E-state index in [0.29, 0.717) is 25.6 Å². The molecular weight excluding hydrogens is 192 g/mol. The van der Waals surface area contributed by atoms with Crippen molar-refractivity contribution in [2.45, 2.75) is 19.4 Å². The van der Waals surface area contributed by atoms with E-state index in [1.807, 2.05) is 6.07 Å². The Morgan fingerprint density at radius 3 is 3.20 bits per heavy atom. The SMILES string of the molecule is C[C@H]1CNCCN1CC(=O)NCCC#N. The molecule has 0 radical (unpaired) electrons. The van der Waals surface area contributed by atoms with Gasteiger partial charge in [-0.15, -0.1) is 0 Å². The molecule has 0 aromatic rings. The van der Waals surface area contributed by atoms with Crippen LogP contribution in [0.5, 0.6) is 0 Å². The van der Waals surface area contributed by atoms with E-state index in [-0.39, 0.29) is 5.91 Å². The van der Waals surface area contributed by atoms with Crippen molar-refractivity contribution < 1.29 is 4.79 Å². The summed E-state index contributed by atoms with van der Waals surface area (Å²) in [5, 5.41) is 14.3. The predicted molar refractivity (Wildman–Crippen MR) is 57.1 cm³/mol. The molecule has 0 unspecified atom stereocenters. The average Bonchev–Trinajstić information content (AvgIpc) is 2.22. The number of carbonyl (C=O) groups is 1. The van der Waals surface area contributed by atoms with Gasteiger partial charge >= 0.3 is 0 Å². The highest BCUT2D eigenvalue weighted by atomic mass is 16.2. The third-order valence-corrected chi connectivity index (χ3v) is 2.54. The van der Waals surface area contributed by atoms with E-state index in [9.17, 15) is 4.79 Å². The van der Waals surface area contributed by atoms with E-state index in [0.717, 1.165) is 19.6 Å². The van der Waals surface area contributed by atoms with Gasteiger partial charge in [-0.3, -0.25) is 9.69 Å². The van der Waals surface area contributed by atoms with Gasteiger partial charge in [-0.2, -0.15) is 5.26 Å². The summed E-state index contributed by atoms with van der Waals surface area (Å²) in [5.41, 5.74) is 0. The number of hydrogen-bond acceptors (Lipinski definition) is 4. The number of carbonyl (C=O) groups excluding carboxylic acids is 1. The number of nitrogens with one attached hydrogen (secondary N) is 2. The van der Waals surface area contributed by atoms with Gasteiger partial charge in [0, 0.05) is 32.2 Å². The standard InChI is InChI=1S/C10H18N4O/c1-9-7-12-5-6-14(9)8-10(15)13-4-2-3-11/h9,12H,2,4-8H2,1H3,(H,13,15)/t9-/m0/s1. The minimum absolute atomic E-state index is 0.0130. The molecule has 2 N–H and O–H groups in total. The Labute approximate surface area is 90.4 Å². The molecule has 1 saturated heterocycles. The summed E-state index contributed by atoms with van der Waals surface area (Å²) in [6.45, 7) is 5.78. The Morgan fingerprint density at radius 1 is 1.73 bits per heavy atom. The van der Waals surface area contributed by atoms with Crippen molar-refractivity contribution in [3.05, 3.63) is 0 Å². The first-order chi connectivity index (χ1) is 7.24. The van der Waals surface area contributed by atoms with Crippen LogP contribution < -0.4 is 10.6 Å². The van der Waals surface area contributed by atoms with Crippen LogP contribution in [0, 0.1) is 11.3 Å². The van der Waals surface area contributed by atoms with Crippen LogP contribution in [0.2, 0.25) is 0 Å². The molecule has 1 rings (SSSR count). The van der Waals surface area contributed by atoms with E-state index >= 15 is 0 Å². The minimum Gasteiger partial charge on any atom is -0.354 e. The van der Waals surface area contributed by atoms with Gasteiger partial charge in [-0.05, 0) is 6.92 Å². The molecule has 1 aliphatic heterocycles. The molecule has 0 aromatic carbocycles. The normalized spacial score (nSPS) is 22.0. The monoisotopic (exact) mass is 210 g/mol. The Kier molecular flexibility index (Phi) is 5.08. The van der Waals surface area contributed by atoms with E-state index < -0.39 is 0 Å². The van der Waals surface area contributed by atoms with Crippen LogP contribution in [-0.2, 0) is 4.79 Å². The van der Waals surface area contributed by atoms with Crippen molar-refractivity contribution in [3.8, 4) is 6.07 Å². The van der Waals surface area contributed by atoms with Crippen molar-refractivity contribution in [2.75, 3.05) is 32.7 Å². The van der Waals surface area contributed by atoms with E-state index in [1.165, 1.54) is 0 Å². The first kappa shape index (κ1) is 12.0. The molecule has 0 aliphatic carbocycles. The molecule has 1 amide bonds. The summed E-state index contributed by atoms with van der Waals surface area (Å²) in [5.74, 6) is 0.0130. The molecule has 1 fully saturated rings. The molecule has 1 aliphatic rings. The van der Waals surface area contributed by atoms with Crippen LogP contribution in [0.4, 0.5) is 0 Å². The summed E-state index contributed by atoms with van der Waals surface area (Å²) < 4.78 is 0. The van der Waals surface area contributed by atoms with Gasteiger partial charge in [0.15, 0.2) is 0 Å². The Balaban J connectivity index is 2.21. The maximum absolute atomic E-state index is 11.4. The minimum atomic E-state index is 0.0130.